The van der Waals surface area contributed by atoms with Gasteiger partial charge in [-0.3, -0.25) is 24.1 Å². The Morgan fingerprint density at radius 2 is 1.72 bits per heavy atom. The first kappa shape index (κ1) is 31.3. The Bertz CT molecular complexity index is 1220. The fourth-order valence-electron chi connectivity index (χ4n) is 6.49. The Hall–Kier alpha value is -3.13. The number of aliphatic hydroxyl groups excluding tert-OH is 2. The molecule has 5 rings (SSSR count). The van der Waals surface area contributed by atoms with E-state index in [1.165, 1.54) is 17.0 Å². The second kappa shape index (κ2) is 12.5. The third-order valence-electron chi connectivity index (χ3n) is 8.67. The van der Waals surface area contributed by atoms with Crippen molar-refractivity contribution in [3.8, 4) is 0 Å². The number of piperazine rings is 1. The van der Waals surface area contributed by atoms with Crippen molar-refractivity contribution in [1.82, 2.24) is 25.3 Å². The second-order valence-corrected chi connectivity index (χ2v) is 13.3. The minimum absolute atomic E-state index is 0.0161. The van der Waals surface area contributed by atoms with Gasteiger partial charge in [-0.05, 0) is 29.5 Å². The number of ether oxygens (including phenoxy) is 1. The van der Waals surface area contributed by atoms with Crippen LogP contribution in [0.25, 0.3) is 0 Å². The van der Waals surface area contributed by atoms with E-state index in [1.54, 1.807) is 17.0 Å². The molecule has 4 heterocycles. The van der Waals surface area contributed by atoms with Gasteiger partial charge in [-0.1, -0.05) is 32.9 Å². The first-order valence-corrected chi connectivity index (χ1v) is 14.9. The fourth-order valence-corrected chi connectivity index (χ4v) is 6.49. The Morgan fingerprint density at radius 1 is 1.02 bits per heavy atom. The summed E-state index contributed by atoms with van der Waals surface area (Å²) in [6.07, 6.45) is -4.26. The van der Waals surface area contributed by atoms with E-state index < -0.39 is 42.4 Å². The van der Waals surface area contributed by atoms with E-state index in [9.17, 15) is 33.8 Å². The third kappa shape index (κ3) is 7.17. The molecule has 236 valence electrons. The molecule has 4 aliphatic heterocycles. The second-order valence-electron chi connectivity index (χ2n) is 13.3. The molecule has 4 amide bonds. The molecule has 4 aliphatic rings. The molecule has 4 N–H and O–H groups in total. The Morgan fingerprint density at radius 3 is 2.42 bits per heavy atom. The highest BCUT2D eigenvalue weighted by Crippen LogP contribution is 2.28. The SMILES string of the molecule is CC(C)(C)CC(=O)N1CCN2C[C@H]1C(=O)NC[C@H]1O[C@@H](CC(=O)N[C@H]3C[C@@H](C2=O)N(Cc2ccc(F)cc2)C3)[C@H](O)[C@@H]1O. The van der Waals surface area contributed by atoms with Crippen LogP contribution in [0.1, 0.15) is 45.6 Å². The molecule has 1 aromatic rings. The summed E-state index contributed by atoms with van der Waals surface area (Å²) in [5.41, 5.74) is 0.491. The highest BCUT2D eigenvalue weighted by Gasteiger charge is 2.47. The van der Waals surface area contributed by atoms with Crippen LogP contribution < -0.4 is 10.6 Å². The average Bonchev–Trinajstić information content (AvgIpc) is 3.45. The zero-order chi connectivity index (χ0) is 31.1. The first-order chi connectivity index (χ1) is 20.3. The number of benzene rings is 1. The predicted octanol–water partition coefficient (Wildman–Crippen LogP) is -0.630. The molecule has 1 aromatic carbocycles. The molecule has 0 saturated carbocycles. The van der Waals surface area contributed by atoms with Crippen molar-refractivity contribution in [2.45, 2.75) is 89.1 Å². The number of nitrogens with zero attached hydrogens (tertiary/aromatic N) is 3. The van der Waals surface area contributed by atoms with Gasteiger partial charge in [-0.25, -0.2) is 4.39 Å². The molecule has 0 radical (unpaired) electrons. The lowest BCUT2D eigenvalue weighted by Crippen LogP contribution is -2.63. The monoisotopic (exact) mass is 603 g/mol. The van der Waals surface area contributed by atoms with Crippen LogP contribution in [-0.2, 0) is 30.5 Å². The normalized spacial score (nSPS) is 32.5. The number of carbonyl (C=O) groups is 4. The molecule has 7 atom stereocenters. The van der Waals surface area contributed by atoms with Crippen molar-refractivity contribution < 1.29 is 38.5 Å². The number of carbonyl (C=O) groups excluding carboxylic acids is 4. The summed E-state index contributed by atoms with van der Waals surface area (Å²) in [6, 6.07) is 4.05. The van der Waals surface area contributed by atoms with Crippen molar-refractivity contribution in [2.24, 2.45) is 5.41 Å². The lowest BCUT2D eigenvalue weighted by Gasteiger charge is -2.42. The van der Waals surface area contributed by atoms with Crippen LogP contribution in [-0.4, -0.2) is 124 Å². The number of aliphatic hydroxyl groups is 2. The van der Waals surface area contributed by atoms with E-state index in [-0.39, 0.29) is 74.0 Å². The van der Waals surface area contributed by atoms with Gasteiger partial charge in [0.2, 0.25) is 23.6 Å². The smallest absolute Gasteiger partial charge is 0.244 e. The summed E-state index contributed by atoms with van der Waals surface area (Å²) in [4.78, 5) is 59.0. The molecule has 6 bridgehead atoms. The van der Waals surface area contributed by atoms with Gasteiger partial charge >= 0.3 is 0 Å². The number of rotatable bonds is 3. The van der Waals surface area contributed by atoms with E-state index >= 15 is 0 Å². The van der Waals surface area contributed by atoms with Crippen molar-refractivity contribution in [2.75, 3.05) is 32.7 Å². The highest BCUT2D eigenvalue weighted by molar-refractivity contribution is 5.90. The predicted molar refractivity (Wildman–Crippen MR) is 152 cm³/mol. The van der Waals surface area contributed by atoms with Crippen molar-refractivity contribution >= 4 is 23.6 Å². The Balaban J connectivity index is 1.43. The molecular formula is C30H42FN5O7. The largest absolute Gasteiger partial charge is 0.388 e. The van der Waals surface area contributed by atoms with Crippen LogP contribution in [0.4, 0.5) is 4.39 Å². The molecule has 0 aliphatic carbocycles. The summed E-state index contributed by atoms with van der Waals surface area (Å²) in [7, 11) is 0. The maximum absolute atomic E-state index is 14.0. The third-order valence-corrected chi connectivity index (χ3v) is 8.67. The van der Waals surface area contributed by atoms with E-state index in [1.807, 2.05) is 25.7 Å². The summed E-state index contributed by atoms with van der Waals surface area (Å²) < 4.78 is 19.4. The van der Waals surface area contributed by atoms with Gasteiger partial charge in [0.25, 0.3) is 0 Å². The highest BCUT2D eigenvalue weighted by atomic mass is 19.1. The van der Waals surface area contributed by atoms with Gasteiger partial charge in [0.05, 0.1) is 25.1 Å². The fraction of sp³-hybridized carbons (Fsp3) is 0.667. The first-order valence-electron chi connectivity index (χ1n) is 14.9. The molecule has 13 heteroatoms. The molecule has 43 heavy (non-hydrogen) atoms. The minimum atomic E-state index is -1.33. The van der Waals surface area contributed by atoms with Crippen LogP contribution in [0.5, 0.6) is 0 Å². The zero-order valence-corrected chi connectivity index (χ0v) is 24.9. The van der Waals surface area contributed by atoms with Crippen LogP contribution in [0.3, 0.4) is 0 Å². The van der Waals surface area contributed by atoms with Gasteiger partial charge in [0, 0.05) is 45.2 Å². The van der Waals surface area contributed by atoms with Gasteiger partial charge in [-0.2, -0.15) is 0 Å². The number of nitrogens with one attached hydrogen (secondary N) is 2. The zero-order valence-electron chi connectivity index (χ0n) is 24.9. The lowest BCUT2D eigenvalue weighted by atomic mass is 9.91. The average molecular weight is 604 g/mol. The molecule has 4 saturated heterocycles. The van der Waals surface area contributed by atoms with E-state index in [4.69, 9.17) is 4.74 Å². The number of hydrogen-bond donors (Lipinski definition) is 4. The van der Waals surface area contributed by atoms with Crippen molar-refractivity contribution in [3.63, 3.8) is 0 Å². The summed E-state index contributed by atoms with van der Waals surface area (Å²) in [6.45, 7) is 6.78. The summed E-state index contributed by atoms with van der Waals surface area (Å²) in [5.74, 6) is -1.65. The van der Waals surface area contributed by atoms with Gasteiger partial charge in [0.1, 0.15) is 30.2 Å². The molecule has 0 unspecified atom stereocenters. The Kier molecular flexibility index (Phi) is 9.07. The van der Waals surface area contributed by atoms with Crippen molar-refractivity contribution in [3.05, 3.63) is 35.6 Å². The van der Waals surface area contributed by atoms with Gasteiger partial charge in [-0.15, -0.1) is 0 Å². The van der Waals surface area contributed by atoms with Gasteiger partial charge < -0.3 is 35.4 Å². The summed E-state index contributed by atoms with van der Waals surface area (Å²) in [5, 5.41) is 26.9. The summed E-state index contributed by atoms with van der Waals surface area (Å²) >= 11 is 0. The molecule has 12 nitrogen and oxygen atoms in total. The standard InChI is InChI=1S/C30H42FN5O7/c1-30(2,3)12-25(38)36-9-8-34-16-21(36)28(41)32-13-23-27(40)26(39)22(43-23)11-24(37)33-19-10-20(29(34)42)35(15-19)14-17-4-6-18(31)7-5-17/h4-7,19-23,26-27,39-40H,8-16H2,1-3H3,(H,32,41)(H,33,37)/t19-,20-,21-,22-,23+,26-,27+/m0/s1. The van der Waals surface area contributed by atoms with Crippen LogP contribution in [0.15, 0.2) is 24.3 Å². The number of hydrogen-bond acceptors (Lipinski definition) is 8. The number of halogens is 1. The quantitative estimate of drug-likeness (QED) is 0.357. The van der Waals surface area contributed by atoms with E-state index in [2.05, 4.69) is 10.6 Å². The van der Waals surface area contributed by atoms with E-state index in [0.717, 1.165) is 5.56 Å². The maximum Gasteiger partial charge on any atom is 0.244 e. The van der Waals surface area contributed by atoms with Crippen LogP contribution in [0.2, 0.25) is 0 Å². The molecular weight excluding hydrogens is 561 g/mol. The number of likely N-dealkylation sites (tertiary alicyclic amines) is 1. The topological polar surface area (TPSA) is 152 Å². The maximum atomic E-state index is 14.0. The van der Waals surface area contributed by atoms with Crippen LogP contribution >= 0.6 is 0 Å². The molecule has 0 spiro atoms. The number of amides is 4. The molecule has 0 aromatic heterocycles. The van der Waals surface area contributed by atoms with E-state index in [0.29, 0.717) is 19.5 Å². The minimum Gasteiger partial charge on any atom is -0.388 e. The van der Waals surface area contributed by atoms with Crippen molar-refractivity contribution in [1.29, 1.82) is 0 Å². The number of fused-ring (bicyclic) bond motifs is 6. The Labute approximate surface area is 250 Å². The van der Waals surface area contributed by atoms with Gasteiger partial charge in [0.15, 0.2) is 0 Å². The van der Waals surface area contributed by atoms with Crippen LogP contribution in [0, 0.1) is 11.2 Å². The lowest BCUT2D eigenvalue weighted by molar-refractivity contribution is -0.151. The molecule has 4 fully saturated rings.